The number of aromatic nitrogens is 2. The lowest BCUT2D eigenvalue weighted by Crippen LogP contribution is -2.13. The van der Waals surface area contributed by atoms with Crippen molar-refractivity contribution in [3.8, 4) is 22.8 Å². The van der Waals surface area contributed by atoms with Gasteiger partial charge in [0, 0.05) is 28.4 Å². The van der Waals surface area contributed by atoms with Crippen molar-refractivity contribution in [2.45, 2.75) is 25.2 Å². The molecule has 0 radical (unpaired) electrons. The number of H-pyrrole nitrogens is 1. The van der Waals surface area contributed by atoms with Crippen LogP contribution < -0.4 is 9.47 Å². The van der Waals surface area contributed by atoms with Gasteiger partial charge in [-0.3, -0.25) is 15.2 Å². The molecule has 1 heterocycles. The van der Waals surface area contributed by atoms with Crippen molar-refractivity contribution in [2.24, 2.45) is 0 Å². The Morgan fingerprint density at radius 3 is 2.55 bits per heavy atom. The summed E-state index contributed by atoms with van der Waals surface area (Å²) in [6, 6.07) is 10.6. The monoisotopic (exact) mass is 413 g/mol. The second-order valence-corrected chi connectivity index (χ2v) is 7.47. The number of nitro benzene ring substituents is 1. The predicted molar refractivity (Wildman–Crippen MR) is 110 cm³/mol. The van der Waals surface area contributed by atoms with E-state index in [9.17, 15) is 10.1 Å². The minimum atomic E-state index is -0.420. The molecule has 8 heteroatoms. The zero-order valence-corrected chi connectivity index (χ0v) is 16.8. The quantitative estimate of drug-likeness (QED) is 0.473. The molecule has 0 spiro atoms. The van der Waals surface area contributed by atoms with Crippen LogP contribution in [0.5, 0.6) is 11.5 Å². The van der Waals surface area contributed by atoms with Crippen molar-refractivity contribution in [3.63, 3.8) is 0 Å². The van der Waals surface area contributed by atoms with Crippen LogP contribution in [-0.4, -0.2) is 29.3 Å². The van der Waals surface area contributed by atoms with Crippen LogP contribution in [0.25, 0.3) is 11.3 Å². The minimum absolute atomic E-state index is 0.0357. The highest BCUT2D eigenvalue weighted by atomic mass is 35.5. The third-order valence-corrected chi connectivity index (χ3v) is 5.64. The van der Waals surface area contributed by atoms with E-state index in [1.165, 1.54) is 6.07 Å². The molecule has 3 aromatic rings. The summed E-state index contributed by atoms with van der Waals surface area (Å²) < 4.78 is 10.8. The standard InChI is InChI=1S/C21H20ClN3O4/c1-28-15-7-13(8-16(11-15)29-2)12-3-5-17-19(9-12)23-24-21(17)18-6-4-14(22)10-20(18)25(26)27/h4,6-8,10-12H,3,5,9H2,1-2H3,(H,23,24). The number of halogens is 1. The molecule has 1 atom stereocenters. The first-order valence-corrected chi connectivity index (χ1v) is 9.61. The average molecular weight is 414 g/mol. The van der Waals surface area contributed by atoms with Crippen molar-refractivity contribution >= 4 is 17.3 Å². The van der Waals surface area contributed by atoms with Gasteiger partial charge in [-0.2, -0.15) is 5.10 Å². The zero-order valence-electron chi connectivity index (χ0n) is 16.1. The maximum Gasteiger partial charge on any atom is 0.280 e. The summed E-state index contributed by atoms with van der Waals surface area (Å²) in [6.45, 7) is 0. The van der Waals surface area contributed by atoms with E-state index in [0.717, 1.165) is 47.6 Å². The third-order valence-electron chi connectivity index (χ3n) is 5.40. The Morgan fingerprint density at radius 1 is 1.17 bits per heavy atom. The number of hydrogen-bond acceptors (Lipinski definition) is 5. The van der Waals surface area contributed by atoms with E-state index in [2.05, 4.69) is 10.2 Å². The summed E-state index contributed by atoms with van der Waals surface area (Å²) in [7, 11) is 3.27. The molecular weight excluding hydrogens is 394 g/mol. The van der Waals surface area contributed by atoms with Crippen LogP contribution in [-0.2, 0) is 12.8 Å². The van der Waals surface area contributed by atoms with Gasteiger partial charge in [-0.25, -0.2) is 0 Å². The number of nitrogens with one attached hydrogen (secondary N) is 1. The van der Waals surface area contributed by atoms with Crippen LogP contribution >= 0.6 is 11.6 Å². The number of fused-ring (bicyclic) bond motifs is 1. The number of ether oxygens (including phenoxy) is 2. The number of methoxy groups -OCH3 is 2. The van der Waals surface area contributed by atoms with Gasteiger partial charge in [0.25, 0.3) is 5.69 Å². The molecule has 1 unspecified atom stereocenters. The molecule has 29 heavy (non-hydrogen) atoms. The normalized spacial score (nSPS) is 15.6. The number of nitro groups is 1. The van der Waals surface area contributed by atoms with Crippen molar-refractivity contribution in [3.05, 3.63) is 68.4 Å². The molecule has 0 fully saturated rings. The lowest BCUT2D eigenvalue weighted by Gasteiger charge is -2.23. The number of rotatable bonds is 5. The molecule has 0 aliphatic heterocycles. The van der Waals surface area contributed by atoms with Crippen molar-refractivity contribution in [1.29, 1.82) is 0 Å². The Bertz CT molecular complexity index is 1060. The van der Waals surface area contributed by atoms with Crippen molar-refractivity contribution < 1.29 is 14.4 Å². The van der Waals surface area contributed by atoms with Crippen LogP contribution in [0.1, 0.15) is 29.2 Å². The fourth-order valence-electron chi connectivity index (χ4n) is 3.93. The predicted octanol–water partition coefficient (Wildman–Crippen LogP) is 4.93. The van der Waals surface area contributed by atoms with Gasteiger partial charge in [0.15, 0.2) is 0 Å². The first kappa shape index (κ1) is 19.3. The van der Waals surface area contributed by atoms with Gasteiger partial charge < -0.3 is 9.47 Å². The lowest BCUT2D eigenvalue weighted by molar-refractivity contribution is -0.384. The highest BCUT2D eigenvalue weighted by Crippen LogP contribution is 2.40. The number of hydrogen-bond donors (Lipinski definition) is 1. The van der Waals surface area contributed by atoms with Gasteiger partial charge in [0.05, 0.1) is 24.7 Å². The molecule has 0 amide bonds. The van der Waals surface area contributed by atoms with Crippen LogP contribution in [0.3, 0.4) is 0 Å². The first-order chi connectivity index (χ1) is 14.0. The van der Waals surface area contributed by atoms with Crippen molar-refractivity contribution in [2.75, 3.05) is 14.2 Å². The van der Waals surface area contributed by atoms with Crippen LogP contribution in [0.4, 0.5) is 5.69 Å². The van der Waals surface area contributed by atoms with Crippen LogP contribution in [0.2, 0.25) is 5.02 Å². The average Bonchev–Trinajstić information content (AvgIpc) is 3.16. The molecule has 0 saturated heterocycles. The molecule has 2 aromatic carbocycles. The van der Waals surface area contributed by atoms with Crippen LogP contribution in [0, 0.1) is 10.1 Å². The van der Waals surface area contributed by atoms with E-state index in [4.69, 9.17) is 21.1 Å². The summed E-state index contributed by atoms with van der Waals surface area (Å²) >= 11 is 5.95. The fourth-order valence-corrected chi connectivity index (χ4v) is 4.10. The summed E-state index contributed by atoms with van der Waals surface area (Å²) in [5.74, 6) is 1.79. The molecule has 0 bridgehead atoms. The molecule has 1 aliphatic carbocycles. The van der Waals surface area contributed by atoms with Gasteiger partial charge in [0.2, 0.25) is 0 Å². The van der Waals surface area contributed by atoms with E-state index in [1.807, 2.05) is 18.2 Å². The Kier molecular flexibility index (Phi) is 5.15. The molecule has 7 nitrogen and oxygen atoms in total. The summed E-state index contributed by atoms with van der Waals surface area (Å²) in [5, 5.41) is 19.3. The number of aromatic amines is 1. The van der Waals surface area contributed by atoms with Gasteiger partial charge >= 0.3 is 0 Å². The highest BCUT2D eigenvalue weighted by molar-refractivity contribution is 6.30. The van der Waals surface area contributed by atoms with E-state index in [0.29, 0.717) is 16.3 Å². The zero-order chi connectivity index (χ0) is 20.5. The SMILES string of the molecule is COc1cc(OC)cc(C2CCc3c(-c4ccc(Cl)cc4[N+](=O)[O-])n[nH]c3C2)c1. The van der Waals surface area contributed by atoms with E-state index < -0.39 is 4.92 Å². The topological polar surface area (TPSA) is 90.3 Å². The van der Waals surface area contributed by atoms with E-state index in [1.54, 1.807) is 26.4 Å². The maximum atomic E-state index is 11.5. The molecule has 0 saturated carbocycles. The Labute approximate surface area is 172 Å². The molecule has 1 aliphatic rings. The van der Waals surface area contributed by atoms with Gasteiger partial charge in [-0.05, 0) is 55.0 Å². The molecule has 1 N–H and O–H groups in total. The Morgan fingerprint density at radius 2 is 1.90 bits per heavy atom. The second-order valence-electron chi connectivity index (χ2n) is 7.03. The first-order valence-electron chi connectivity index (χ1n) is 9.23. The lowest BCUT2D eigenvalue weighted by atomic mass is 9.81. The fraction of sp³-hybridized carbons (Fsp3) is 0.286. The van der Waals surface area contributed by atoms with Crippen LogP contribution in [0.15, 0.2) is 36.4 Å². The van der Waals surface area contributed by atoms with Gasteiger partial charge in [-0.15, -0.1) is 0 Å². The molecule has 4 rings (SSSR count). The summed E-state index contributed by atoms with van der Waals surface area (Å²) in [4.78, 5) is 11.1. The molecule has 150 valence electrons. The van der Waals surface area contributed by atoms with Gasteiger partial charge in [-0.1, -0.05) is 11.6 Å². The largest absolute Gasteiger partial charge is 0.497 e. The third kappa shape index (κ3) is 3.65. The van der Waals surface area contributed by atoms with E-state index in [-0.39, 0.29) is 11.6 Å². The van der Waals surface area contributed by atoms with E-state index >= 15 is 0 Å². The van der Waals surface area contributed by atoms with Crippen molar-refractivity contribution in [1.82, 2.24) is 10.2 Å². The van der Waals surface area contributed by atoms with Gasteiger partial charge in [0.1, 0.15) is 17.2 Å². The second kappa shape index (κ2) is 7.75. The Balaban J connectivity index is 1.68. The smallest absolute Gasteiger partial charge is 0.280 e. The molecular formula is C21H20ClN3O4. The number of nitrogens with zero attached hydrogens (tertiary/aromatic N) is 2. The Hall–Kier alpha value is -3.06. The molecule has 1 aromatic heterocycles. The highest BCUT2D eigenvalue weighted by Gasteiger charge is 2.28. The number of benzene rings is 2. The summed E-state index contributed by atoms with van der Waals surface area (Å²) in [6.07, 6.45) is 2.43. The summed E-state index contributed by atoms with van der Waals surface area (Å²) in [5.41, 5.74) is 4.25. The maximum absolute atomic E-state index is 11.5. The minimum Gasteiger partial charge on any atom is -0.497 e.